The summed E-state index contributed by atoms with van der Waals surface area (Å²) in [6, 6.07) is 27.4. The van der Waals surface area contributed by atoms with Crippen LogP contribution in [0.2, 0.25) is 0 Å². The van der Waals surface area contributed by atoms with Crippen LogP contribution >= 0.6 is 0 Å². The molecule has 40 heavy (non-hydrogen) atoms. The lowest BCUT2D eigenvalue weighted by Crippen LogP contribution is -2.15. The number of fused-ring (bicyclic) bond motifs is 1. The summed E-state index contributed by atoms with van der Waals surface area (Å²) in [6.45, 7) is 3.89. The van der Waals surface area contributed by atoms with Crippen molar-refractivity contribution >= 4 is 38.3 Å². The summed E-state index contributed by atoms with van der Waals surface area (Å²) in [7, 11) is -0.881. The van der Waals surface area contributed by atoms with E-state index in [1.54, 1.807) is 43.4 Å². The van der Waals surface area contributed by atoms with Gasteiger partial charge in [-0.2, -0.15) is 0 Å². The maximum Gasteiger partial charge on any atom is 0.339 e. The van der Waals surface area contributed by atoms with E-state index >= 15 is 0 Å². The lowest BCUT2D eigenvalue weighted by molar-refractivity contribution is 0.0601. The number of esters is 1. The molecule has 0 aliphatic rings. The fraction of sp³-hybridized carbons (Fsp3) is 0.156. The van der Waals surface area contributed by atoms with E-state index in [9.17, 15) is 13.2 Å². The van der Waals surface area contributed by atoms with Crippen molar-refractivity contribution < 1.29 is 22.4 Å². The molecule has 8 heteroatoms. The fourth-order valence-electron chi connectivity index (χ4n) is 4.87. The van der Waals surface area contributed by atoms with Gasteiger partial charge >= 0.3 is 5.97 Å². The van der Waals surface area contributed by atoms with Gasteiger partial charge in [0, 0.05) is 18.1 Å². The van der Waals surface area contributed by atoms with Crippen LogP contribution in [0.15, 0.2) is 100 Å². The molecule has 0 radical (unpaired) electrons. The Morgan fingerprint density at radius 3 is 2.27 bits per heavy atom. The predicted octanol–water partition coefficient (Wildman–Crippen LogP) is 6.86. The first-order valence-electron chi connectivity index (χ1n) is 12.8. The second kappa shape index (κ2) is 10.9. The zero-order chi connectivity index (χ0) is 28.4. The van der Waals surface area contributed by atoms with Gasteiger partial charge < -0.3 is 14.5 Å². The fourth-order valence-corrected chi connectivity index (χ4v) is 5.96. The van der Waals surface area contributed by atoms with Crippen LogP contribution in [0, 0.1) is 13.8 Å². The standard InChI is InChI=1S/C32H30N2O5S/c1-20-12-15-24(16-13-20)40(36,37)34-30-25-10-5-6-11-28(25)39-31(30)29(22-9-7-8-21(2)18-22)23-14-17-27(33-3)26(19-23)32(35)38-4/h5-19,29,33-34H,1-4H3/t29-/m1/s1. The highest BCUT2D eigenvalue weighted by Crippen LogP contribution is 2.43. The molecule has 1 atom stereocenters. The molecule has 4 aromatic carbocycles. The lowest BCUT2D eigenvalue weighted by Gasteiger charge is -2.20. The second-order valence-electron chi connectivity index (χ2n) is 9.65. The maximum absolute atomic E-state index is 13.6. The van der Waals surface area contributed by atoms with E-state index in [1.165, 1.54) is 7.11 Å². The summed E-state index contributed by atoms with van der Waals surface area (Å²) in [5.74, 6) is -0.619. The highest BCUT2D eigenvalue weighted by atomic mass is 32.2. The van der Waals surface area contributed by atoms with E-state index in [0.717, 1.165) is 22.3 Å². The topological polar surface area (TPSA) is 97.6 Å². The van der Waals surface area contributed by atoms with Gasteiger partial charge in [0.1, 0.15) is 11.3 Å². The number of para-hydroxylation sites is 1. The van der Waals surface area contributed by atoms with E-state index in [4.69, 9.17) is 9.15 Å². The summed E-state index contributed by atoms with van der Waals surface area (Å²) in [5, 5.41) is 3.67. The van der Waals surface area contributed by atoms with Gasteiger partial charge in [-0.3, -0.25) is 4.72 Å². The van der Waals surface area contributed by atoms with Gasteiger partial charge in [0.15, 0.2) is 0 Å². The van der Waals surface area contributed by atoms with Gasteiger partial charge in [-0.1, -0.05) is 65.7 Å². The smallest absolute Gasteiger partial charge is 0.339 e. The van der Waals surface area contributed by atoms with E-state index in [1.807, 2.05) is 68.4 Å². The van der Waals surface area contributed by atoms with Gasteiger partial charge in [0.25, 0.3) is 10.0 Å². The molecule has 2 N–H and O–H groups in total. The Morgan fingerprint density at radius 1 is 0.850 bits per heavy atom. The van der Waals surface area contributed by atoms with Crippen LogP contribution in [0.25, 0.3) is 11.0 Å². The molecular formula is C32H30N2O5S. The average Bonchev–Trinajstić information content (AvgIpc) is 3.30. The van der Waals surface area contributed by atoms with Crippen molar-refractivity contribution in [3.8, 4) is 0 Å². The van der Waals surface area contributed by atoms with Crippen molar-refractivity contribution in [2.75, 3.05) is 24.2 Å². The molecular weight excluding hydrogens is 524 g/mol. The molecule has 7 nitrogen and oxygen atoms in total. The summed E-state index contributed by atoms with van der Waals surface area (Å²) >= 11 is 0. The van der Waals surface area contributed by atoms with Crippen LogP contribution < -0.4 is 10.0 Å². The van der Waals surface area contributed by atoms with Crippen molar-refractivity contribution in [1.29, 1.82) is 0 Å². The molecule has 5 aromatic rings. The number of ether oxygens (including phenoxy) is 1. The number of sulfonamides is 1. The van der Waals surface area contributed by atoms with Gasteiger partial charge in [0.05, 0.1) is 29.2 Å². The molecule has 5 rings (SSSR count). The first-order valence-corrected chi connectivity index (χ1v) is 14.3. The Morgan fingerprint density at radius 2 is 1.57 bits per heavy atom. The number of methoxy groups -OCH3 is 1. The summed E-state index contributed by atoms with van der Waals surface area (Å²) < 4.78 is 41.5. The summed E-state index contributed by atoms with van der Waals surface area (Å²) in [4.78, 5) is 12.8. The number of hydrogen-bond donors (Lipinski definition) is 2. The van der Waals surface area contributed by atoms with Crippen molar-refractivity contribution in [3.05, 3.63) is 125 Å². The Labute approximate surface area is 233 Å². The number of rotatable bonds is 8. The van der Waals surface area contributed by atoms with Crippen molar-refractivity contribution in [1.82, 2.24) is 0 Å². The maximum atomic E-state index is 13.6. The van der Waals surface area contributed by atoms with Gasteiger partial charge in [-0.15, -0.1) is 0 Å². The van der Waals surface area contributed by atoms with E-state index in [0.29, 0.717) is 33.7 Å². The number of anilines is 2. The van der Waals surface area contributed by atoms with Crippen LogP contribution in [-0.2, 0) is 14.8 Å². The van der Waals surface area contributed by atoms with Crippen molar-refractivity contribution in [2.45, 2.75) is 24.7 Å². The third-order valence-electron chi connectivity index (χ3n) is 6.88. The minimum Gasteiger partial charge on any atom is -0.465 e. The number of carbonyl (C=O) groups is 1. The zero-order valence-electron chi connectivity index (χ0n) is 22.7. The van der Waals surface area contributed by atoms with Gasteiger partial charge in [0.2, 0.25) is 0 Å². The van der Waals surface area contributed by atoms with Crippen molar-refractivity contribution in [2.24, 2.45) is 0 Å². The molecule has 1 aromatic heterocycles. The number of benzene rings is 4. The van der Waals surface area contributed by atoms with E-state index in [2.05, 4.69) is 10.0 Å². The van der Waals surface area contributed by atoms with Crippen molar-refractivity contribution in [3.63, 3.8) is 0 Å². The van der Waals surface area contributed by atoms with Gasteiger partial charge in [-0.25, -0.2) is 13.2 Å². The third-order valence-corrected chi connectivity index (χ3v) is 8.25. The SMILES string of the molecule is CNc1ccc([C@@H](c2cccc(C)c2)c2oc3ccccc3c2NS(=O)(=O)c2ccc(C)cc2)cc1C(=O)OC. The highest BCUT2D eigenvalue weighted by molar-refractivity contribution is 7.92. The molecule has 0 unspecified atom stereocenters. The van der Waals surface area contributed by atoms with Crippen LogP contribution in [-0.4, -0.2) is 28.5 Å². The number of hydrogen-bond acceptors (Lipinski definition) is 6. The number of carbonyl (C=O) groups excluding carboxylic acids is 1. The minimum absolute atomic E-state index is 0.146. The average molecular weight is 555 g/mol. The molecule has 0 spiro atoms. The second-order valence-corrected chi connectivity index (χ2v) is 11.3. The quantitative estimate of drug-likeness (QED) is 0.203. The molecule has 0 fully saturated rings. The normalized spacial score (nSPS) is 12.2. The molecule has 0 amide bonds. The predicted molar refractivity (Wildman–Crippen MR) is 158 cm³/mol. The molecule has 0 bridgehead atoms. The Hall–Kier alpha value is -4.56. The molecule has 0 aliphatic carbocycles. The Bertz CT molecular complexity index is 1810. The highest BCUT2D eigenvalue weighted by Gasteiger charge is 2.30. The zero-order valence-corrected chi connectivity index (χ0v) is 23.5. The number of aryl methyl sites for hydroxylation is 2. The van der Waals surface area contributed by atoms with E-state index < -0.39 is 21.9 Å². The van der Waals surface area contributed by atoms with Crippen LogP contribution in [0.3, 0.4) is 0 Å². The first-order chi connectivity index (χ1) is 19.2. The Balaban J connectivity index is 1.76. The van der Waals surface area contributed by atoms with Crippen LogP contribution in [0.4, 0.5) is 11.4 Å². The molecule has 0 saturated carbocycles. The minimum atomic E-state index is -3.95. The summed E-state index contributed by atoms with van der Waals surface area (Å²) in [6.07, 6.45) is 0. The monoisotopic (exact) mass is 554 g/mol. The largest absolute Gasteiger partial charge is 0.465 e. The van der Waals surface area contributed by atoms with Crippen LogP contribution in [0.5, 0.6) is 0 Å². The Kier molecular flexibility index (Phi) is 7.36. The number of furan rings is 1. The van der Waals surface area contributed by atoms with Gasteiger partial charge in [-0.05, 0) is 61.4 Å². The first kappa shape index (κ1) is 27.0. The lowest BCUT2D eigenvalue weighted by atomic mass is 9.86. The number of nitrogens with one attached hydrogen (secondary N) is 2. The van der Waals surface area contributed by atoms with E-state index in [-0.39, 0.29) is 4.90 Å². The molecule has 0 aliphatic heterocycles. The molecule has 204 valence electrons. The summed E-state index contributed by atoms with van der Waals surface area (Å²) in [5.41, 5.74) is 5.46. The molecule has 0 saturated heterocycles. The third kappa shape index (κ3) is 5.18. The molecule has 1 heterocycles. The van der Waals surface area contributed by atoms with Crippen LogP contribution in [0.1, 0.15) is 44.3 Å².